The second-order valence-electron chi connectivity index (χ2n) is 5.74. The van der Waals surface area contributed by atoms with E-state index in [1.54, 1.807) is 7.11 Å². The number of nitrogens with one attached hydrogen (secondary N) is 1. The molecule has 0 spiro atoms. The van der Waals surface area contributed by atoms with Gasteiger partial charge in [-0.2, -0.15) is 0 Å². The molecule has 4 nitrogen and oxygen atoms in total. The molecule has 0 fully saturated rings. The van der Waals surface area contributed by atoms with E-state index in [4.69, 9.17) is 10.5 Å². The molecule has 5 heteroatoms. The van der Waals surface area contributed by atoms with Gasteiger partial charge in [-0.25, -0.2) is 0 Å². The first-order chi connectivity index (χ1) is 11.0. The molecule has 0 saturated carbocycles. The van der Waals surface area contributed by atoms with Gasteiger partial charge >= 0.3 is 0 Å². The van der Waals surface area contributed by atoms with Gasteiger partial charge in [-0.1, -0.05) is 18.2 Å². The van der Waals surface area contributed by atoms with Crippen LogP contribution in [0.2, 0.25) is 0 Å². The van der Waals surface area contributed by atoms with Crippen molar-refractivity contribution in [1.82, 2.24) is 0 Å². The largest absolute Gasteiger partial charge is 0.496 e. The Kier molecular flexibility index (Phi) is 8.04. The standard InChI is InChI=1S/C19H25N3O.HI/c1-13-6-8-17(11-15(13)3)22-19(20)21-10-9-16-7-5-14(2)18(12-16)23-4;/h5-8,11-12H,9-10H2,1-4H3,(H3,20,21,22);1H. The minimum Gasteiger partial charge on any atom is -0.496 e. The van der Waals surface area contributed by atoms with Crippen LogP contribution < -0.4 is 15.8 Å². The topological polar surface area (TPSA) is 59.6 Å². The number of aliphatic imine (C=N–C) groups is 1. The van der Waals surface area contributed by atoms with Crippen LogP contribution in [-0.2, 0) is 6.42 Å². The van der Waals surface area contributed by atoms with E-state index in [1.165, 1.54) is 16.7 Å². The van der Waals surface area contributed by atoms with Gasteiger partial charge < -0.3 is 15.8 Å². The highest BCUT2D eigenvalue weighted by atomic mass is 127. The average molecular weight is 439 g/mol. The molecule has 3 N–H and O–H groups in total. The Morgan fingerprint density at radius 1 is 1.04 bits per heavy atom. The first kappa shape index (κ1) is 20.3. The Morgan fingerprint density at radius 2 is 1.75 bits per heavy atom. The Bertz CT molecular complexity index is 714. The van der Waals surface area contributed by atoms with Crippen LogP contribution in [0.25, 0.3) is 0 Å². The van der Waals surface area contributed by atoms with Crippen molar-refractivity contribution in [1.29, 1.82) is 0 Å². The second-order valence-corrected chi connectivity index (χ2v) is 5.74. The lowest BCUT2D eigenvalue weighted by molar-refractivity contribution is 0.411. The molecule has 0 heterocycles. The number of anilines is 1. The highest BCUT2D eigenvalue weighted by Gasteiger charge is 2.01. The van der Waals surface area contributed by atoms with Crippen molar-refractivity contribution in [2.24, 2.45) is 10.7 Å². The minimum atomic E-state index is 0. The molecule has 0 radical (unpaired) electrons. The minimum absolute atomic E-state index is 0. The molecule has 0 atom stereocenters. The molecule has 2 aromatic carbocycles. The number of guanidine groups is 1. The average Bonchev–Trinajstić information content (AvgIpc) is 2.52. The molecule has 130 valence electrons. The summed E-state index contributed by atoms with van der Waals surface area (Å²) in [6.07, 6.45) is 0.825. The van der Waals surface area contributed by atoms with Crippen LogP contribution in [0, 0.1) is 20.8 Å². The van der Waals surface area contributed by atoms with Crippen LogP contribution in [0.3, 0.4) is 0 Å². The first-order valence-corrected chi connectivity index (χ1v) is 7.77. The summed E-state index contributed by atoms with van der Waals surface area (Å²) in [5.74, 6) is 1.35. The van der Waals surface area contributed by atoms with E-state index in [1.807, 2.05) is 13.0 Å². The van der Waals surface area contributed by atoms with Gasteiger partial charge in [0.15, 0.2) is 5.96 Å². The summed E-state index contributed by atoms with van der Waals surface area (Å²) >= 11 is 0. The number of benzene rings is 2. The fourth-order valence-electron chi connectivity index (χ4n) is 2.33. The summed E-state index contributed by atoms with van der Waals surface area (Å²) < 4.78 is 5.34. The highest BCUT2D eigenvalue weighted by molar-refractivity contribution is 14.0. The normalized spacial score (nSPS) is 10.9. The molecular weight excluding hydrogens is 413 g/mol. The van der Waals surface area contributed by atoms with Gasteiger partial charge in [0.25, 0.3) is 0 Å². The summed E-state index contributed by atoms with van der Waals surface area (Å²) in [5.41, 5.74) is 11.7. The number of rotatable bonds is 5. The Morgan fingerprint density at radius 3 is 2.42 bits per heavy atom. The number of hydrogen-bond donors (Lipinski definition) is 2. The Balaban J connectivity index is 0.00000288. The molecule has 0 bridgehead atoms. The van der Waals surface area contributed by atoms with E-state index in [9.17, 15) is 0 Å². The van der Waals surface area contributed by atoms with Gasteiger partial charge in [0, 0.05) is 12.2 Å². The maximum atomic E-state index is 5.95. The van der Waals surface area contributed by atoms with Crippen LogP contribution in [0.4, 0.5) is 5.69 Å². The molecule has 2 rings (SSSR count). The van der Waals surface area contributed by atoms with E-state index >= 15 is 0 Å². The van der Waals surface area contributed by atoms with E-state index in [-0.39, 0.29) is 24.0 Å². The van der Waals surface area contributed by atoms with Gasteiger partial charge in [-0.05, 0) is 67.6 Å². The van der Waals surface area contributed by atoms with E-state index in [0.29, 0.717) is 12.5 Å². The van der Waals surface area contributed by atoms with Crippen molar-refractivity contribution in [2.75, 3.05) is 19.0 Å². The number of aryl methyl sites for hydroxylation is 3. The van der Waals surface area contributed by atoms with Crippen molar-refractivity contribution in [3.8, 4) is 5.75 Å². The number of ether oxygens (including phenoxy) is 1. The molecule has 2 aromatic rings. The molecule has 0 unspecified atom stereocenters. The van der Waals surface area contributed by atoms with Crippen LogP contribution in [0.1, 0.15) is 22.3 Å². The van der Waals surface area contributed by atoms with Crippen molar-refractivity contribution in [3.05, 3.63) is 58.7 Å². The van der Waals surface area contributed by atoms with Gasteiger partial charge in [-0.3, -0.25) is 4.99 Å². The smallest absolute Gasteiger partial charge is 0.193 e. The quantitative estimate of drug-likeness (QED) is 0.417. The fraction of sp³-hybridized carbons (Fsp3) is 0.316. The molecule has 0 aromatic heterocycles. The van der Waals surface area contributed by atoms with Crippen LogP contribution >= 0.6 is 24.0 Å². The third kappa shape index (κ3) is 5.70. The monoisotopic (exact) mass is 439 g/mol. The Hall–Kier alpha value is -1.76. The lowest BCUT2D eigenvalue weighted by Crippen LogP contribution is -2.23. The SMILES string of the molecule is COc1cc(CCN=C(N)Nc2ccc(C)c(C)c2)ccc1C.I. The third-order valence-corrected chi connectivity index (χ3v) is 3.93. The third-order valence-electron chi connectivity index (χ3n) is 3.93. The highest BCUT2D eigenvalue weighted by Crippen LogP contribution is 2.19. The lowest BCUT2D eigenvalue weighted by atomic mass is 10.1. The number of methoxy groups -OCH3 is 1. The zero-order valence-corrected chi connectivity index (χ0v) is 17.0. The molecule has 24 heavy (non-hydrogen) atoms. The summed E-state index contributed by atoms with van der Waals surface area (Å²) in [6.45, 7) is 6.84. The van der Waals surface area contributed by atoms with E-state index < -0.39 is 0 Å². The number of nitrogens with zero attached hydrogens (tertiary/aromatic N) is 1. The molecule has 0 amide bonds. The summed E-state index contributed by atoms with van der Waals surface area (Å²) in [4.78, 5) is 4.39. The number of hydrogen-bond acceptors (Lipinski definition) is 2. The van der Waals surface area contributed by atoms with E-state index in [2.05, 4.69) is 54.5 Å². The summed E-state index contributed by atoms with van der Waals surface area (Å²) in [6, 6.07) is 12.4. The molecule has 0 aliphatic rings. The number of halogens is 1. The van der Waals surface area contributed by atoms with Crippen molar-refractivity contribution in [2.45, 2.75) is 27.2 Å². The molecular formula is C19H26IN3O. The van der Waals surface area contributed by atoms with Crippen molar-refractivity contribution in [3.63, 3.8) is 0 Å². The predicted octanol–water partition coefficient (Wildman–Crippen LogP) is 4.21. The van der Waals surface area contributed by atoms with E-state index in [0.717, 1.165) is 23.4 Å². The molecule has 0 aliphatic carbocycles. The maximum absolute atomic E-state index is 5.95. The fourth-order valence-corrected chi connectivity index (χ4v) is 2.33. The van der Waals surface area contributed by atoms with Gasteiger partial charge in [0.2, 0.25) is 0 Å². The Labute approximate surface area is 161 Å². The van der Waals surface area contributed by atoms with Crippen LogP contribution in [0.5, 0.6) is 5.75 Å². The zero-order valence-electron chi connectivity index (χ0n) is 14.7. The summed E-state index contributed by atoms with van der Waals surface area (Å²) in [5, 5.41) is 3.13. The molecule has 0 aliphatic heterocycles. The van der Waals surface area contributed by atoms with Crippen molar-refractivity contribution >= 4 is 35.6 Å². The van der Waals surface area contributed by atoms with Gasteiger partial charge in [0.1, 0.15) is 5.75 Å². The second kappa shape index (κ2) is 9.52. The van der Waals surface area contributed by atoms with Crippen molar-refractivity contribution < 1.29 is 4.74 Å². The molecule has 0 saturated heterocycles. The lowest BCUT2D eigenvalue weighted by Gasteiger charge is -2.09. The van der Waals surface area contributed by atoms with Gasteiger partial charge in [0.05, 0.1) is 7.11 Å². The van der Waals surface area contributed by atoms with Crippen LogP contribution in [-0.4, -0.2) is 19.6 Å². The van der Waals surface area contributed by atoms with Crippen LogP contribution in [0.15, 0.2) is 41.4 Å². The zero-order chi connectivity index (χ0) is 16.8. The number of nitrogens with two attached hydrogens (primary N) is 1. The predicted molar refractivity (Wildman–Crippen MR) is 113 cm³/mol. The maximum Gasteiger partial charge on any atom is 0.193 e. The summed E-state index contributed by atoms with van der Waals surface area (Å²) in [7, 11) is 1.69. The van der Waals surface area contributed by atoms with Gasteiger partial charge in [-0.15, -0.1) is 24.0 Å². The first-order valence-electron chi connectivity index (χ1n) is 7.77.